The van der Waals surface area contributed by atoms with Crippen LogP contribution >= 0.6 is 0 Å². The lowest BCUT2D eigenvalue weighted by Gasteiger charge is -2.35. The Morgan fingerprint density at radius 2 is 1.96 bits per heavy atom. The van der Waals surface area contributed by atoms with E-state index < -0.39 is 9.84 Å². The van der Waals surface area contributed by atoms with Gasteiger partial charge in [-0.2, -0.15) is 5.26 Å². The van der Waals surface area contributed by atoms with Gasteiger partial charge in [0.2, 0.25) is 0 Å². The lowest BCUT2D eigenvalue weighted by Crippen LogP contribution is -2.47. The molecule has 0 aliphatic carbocycles. The summed E-state index contributed by atoms with van der Waals surface area (Å²) in [6.07, 6.45) is 2.60. The van der Waals surface area contributed by atoms with Crippen molar-refractivity contribution in [1.29, 1.82) is 5.26 Å². The van der Waals surface area contributed by atoms with Crippen molar-refractivity contribution >= 4 is 15.7 Å². The van der Waals surface area contributed by atoms with Gasteiger partial charge in [0.25, 0.3) is 0 Å². The highest BCUT2D eigenvalue weighted by molar-refractivity contribution is 7.91. The van der Waals surface area contributed by atoms with Gasteiger partial charge in [0, 0.05) is 30.9 Å². The molecule has 0 amide bonds. The molecule has 2 saturated heterocycles. The van der Waals surface area contributed by atoms with E-state index in [4.69, 9.17) is 0 Å². The Kier molecular flexibility index (Phi) is 4.79. The predicted molar refractivity (Wildman–Crippen MR) is 93.9 cm³/mol. The second-order valence-corrected chi connectivity index (χ2v) is 9.15. The molecule has 2 aliphatic rings. The van der Waals surface area contributed by atoms with Crippen molar-refractivity contribution in [2.75, 3.05) is 29.5 Å². The summed E-state index contributed by atoms with van der Waals surface area (Å²) in [6, 6.07) is 4.66. The number of nitriles is 1. The highest BCUT2D eigenvalue weighted by Gasteiger charge is 2.31. The summed E-state index contributed by atoms with van der Waals surface area (Å²) >= 11 is 0. The molecule has 1 N–H and O–H groups in total. The van der Waals surface area contributed by atoms with Crippen LogP contribution in [0.2, 0.25) is 0 Å². The van der Waals surface area contributed by atoms with E-state index in [1.165, 1.54) is 0 Å². The molecular formula is C17H24N4O2S. The summed E-state index contributed by atoms with van der Waals surface area (Å²) in [7, 11) is -2.84. The van der Waals surface area contributed by atoms with Crippen LogP contribution in [0, 0.1) is 25.2 Å². The Balaban J connectivity index is 1.63. The van der Waals surface area contributed by atoms with E-state index in [0.717, 1.165) is 49.4 Å². The zero-order valence-corrected chi connectivity index (χ0v) is 15.1. The molecule has 0 bridgehead atoms. The topological polar surface area (TPSA) is 86.1 Å². The van der Waals surface area contributed by atoms with Crippen molar-refractivity contribution in [1.82, 2.24) is 10.3 Å². The molecule has 1 aromatic heterocycles. The molecule has 6 nitrogen and oxygen atoms in total. The normalized spacial score (nSPS) is 24.0. The fourth-order valence-corrected chi connectivity index (χ4v) is 5.39. The van der Waals surface area contributed by atoms with Gasteiger partial charge < -0.3 is 10.2 Å². The fourth-order valence-electron chi connectivity index (χ4n) is 3.70. The first kappa shape index (κ1) is 17.2. The summed E-state index contributed by atoms with van der Waals surface area (Å²) < 4.78 is 23.1. The maximum atomic E-state index is 11.6. The van der Waals surface area contributed by atoms with Gasteiger partial charge in [0.15, 0.2) is 9.84 Å². The molecule has 2 fully saturated rings. The molecule has 1 unspecified atom stereocenters. The van der Waals surface area contributed by atoms with Crippen molar-refractivity contribution < 1.29 is 8.42 Å². The van der Waals surface area contributed by atoms with Crippen LogP contribution in [-0.4, -0.2) is 50.1 Å². The smallest absolute Gasteiger partial charge is 0.151 e. The molecule has 3 heterocycles. The molecule has 1 aromatic rings. The summed E-state index contributed by atoms with van der Waals surface area (Å²) in [5, 5.41) is 12.9. The average Bonchev–Trinajstić information content (AvgIpc) is 2.86. The standard InChI is InChI=1S/C17H24N4O2S/c1-12-9-13(2)19-17(16(12)10-18)21-6-3-14(4-7-21)20-15-5-8-24(22,23)11-15/h9,14-15,20H,3-8,11H2,1-2H3. The van der Waals surface area contributed by atoms with Crippen molar-refractivity contribution in [2.24, 2.45) is 0 Å². The number of nitrogens with zero attached hydrogens (tertiary/aromatic N) is 3. The van der Waals surface area contributed by atoms with Gasteiger partial charge in [-0.05, 0) is 44.7 Å². The van der Waals surface area contributed by atoms with Crippen molar-refractivity contribution in [3.63, 3.8) is 0 Å². The largest absolute Gasteiger partial charge is 0.355 e. The third-order valence-electron chi connectivity index (χ3n) is 4.94. The minimum atomic E-state index is -2.84. The van der Waals surface area contributed by atoms with Gasteiger partial charge in [0.1, 0.15) is 11.9 Å². The highest BCUT2D eigenvalue weighted by Crippen LogP contribution is 2.25. The number of hydrogen-bond donors (Lipinski definition) is 1. The summed E-state index contributed by atoms with van der Waals surface area (Å²) in [5.41, 5.74) is 2.56. The van der Waals surface area contributed by atoms with E-state index >= 15 is 0 Å². The van der Waals surface area contributed by atoms with Crippen LogP contribution in [-0.2, 0) is 9.84 Å². The molecular weight excluding hydrogens is 324 g/mol. The lowest BCUT2D eigenvalue weighted by molar-refractivity contribution is 0.378. The van der Waals surface area contributed by atoms with Crippen LogP contribution in [0.4, 0.5) is 5.82 Å². The Labute approximate surface area is 143 Å². The second kappa shape index (κ2) is 6.69. The van der Waals surface area contributed by atoms with Crippen LogP contribution in [0.1, 0.15) is 36.1 Å². The van der Waals surface area contributed by atoms with E-state index in [2.05, 4.69) is 21.3 Å². The lowest BCUT2D eigenvalue weighted by atomic mass is 10.0. The number of piperidine rings is 1. The number of anilines is 1. The predicted octanol–water partition coefficient (Wildman–Crippen LogP) is 1.32. The number of hydrogen-bond acceptors (Lipinski definition) is 6. The Morgan fingerprint density at radius 1 is 1.25 bits per heavy atom. The molecule has 1 atom stereocenters. The fraction of sp³-hybridized carbons (Fsp3) is 0.647. The molecule has 0 radical (unpaired) electrons. The van der Waals surface area contributed by atoms with E-state index in [0.29, 0.717) is 17.4 Å². The van der Waals surface area contributed by atoms with Crippen LogP contribution in [0.25, 0.3) is 0 Å². The first-order valence-electron chi connectivity index (χ1n) is 8.48. The summed E-state index contributed by atoms with van der Waals surface area (Å²) in [6.45, 7) is 5.57. The summed E-state index contributed by atoms with van der Waals surface area (Å²) in [5.74, 6) is 1.36. The van der Waals surface area contributed by atoms with Crippen molar-refractivity contribution in [3.05, 3.63) is 22.9 Å². The van der Waals surface area contributed by atoms with Gasteiger partial charge in [0.05, 0.1) is 17.1 Å². The minimum Gasteiger partial charge on any atom is -0.355 e. The van der Waals surface area contributed by atoms with E-state index in [-0.39, 0.29) is 11.8 Å². The Hall–Kier alpha value is -1.65. The molecule has 0 aromatic carbocycles. The van der Waals surface area contributed by atoms with Gasteiger partial charge >= 0.3 is 0 Å². The van der Waals surface area contributed by atoms with Gasteiger partial charge in [-0.25, -0.2) is 13.4 Å². The van der Waals surface area contributed by atoms with Gasteiger partial charge in [-0.15, -0.1) is 0 Å². The number of pyridine rings is 1. The van der Waals surface area contributed by atoms with E-state index in [1.807, 2.05) is 19.9 Å². The number of aryl methyl sites for hydroxylation is 2. The molecule has 24 heavy (non-hydrogen) atoms. The quantitative estimate of drug-likeness (QED) is 0.886. The first-order valence-corrected chi connectivity index (χ1v) is 10.3. The number of sulfone groups is 1. The molecule has 130 valence electrons. The molecule has 0 spiro atoms. The monoisotopic (exact) mass is 348 g/mol. The van der Waals surface area contributed by atoms with Crippen LogP contribution in [0.5, 0.6) is 0 Å². The molecule has 0 saturated carbocycles. The summed E-state index contributed by atoms with van der Waals surface area (Å²) in [4.78, 5) is 6.76. The second-order valence-electron chi connectivity index (χ2n) is 6.92. The average molecular weight is 348 g/mol. The molecule has 2 aliphatic heterocycles. The third kappa shape index (κ3) is 3.70. The Bertz CT molecular complexity index is 762. The molecule has 7 heteroatoms. The zero-order chi connectivity index (χ0) is 17.3. The zero-order valence-electron chi connectivity index (χ0n) is 14.2. The molecule has 3 rings (SSSR count). The Morgan fingerprint density at radius 3 is 2.54 bits per heavy atom. The highest BCUT2D eigenvalue weighted by atomic mass is 32.2. The van der Waals surface area contributed by atoms with Crippen molar-refractivity contribution in [2.45, 2.75) is 45.2 Å². The maximum absolute atomic E-state index is 11.6. The van der Waals surface area contributed by atoms with Crippen molar-refractivity contribution in [3.8, 4) is 6.07 Å². The SMILES string of the molecule is Cc1cc(C)c(C#N)c(N2CCC(NC3CCS(=O)(=O)C3)CC2)n1. The maximum Gasteiger partial charge on any atom is 0.151 e. The van der Waals surface area contributed by atoms with Gasteiger partial charge in [-0.1, -0.05) is 0 Å². The van der Waals surface area contributed by atoms with Crippen LogP contribution in [0.3, 0.4) is 0 Å². The van der Waals surface area contributed by atoms with E-state index in [9.17, 15) is 13.7 Å². The van der Waals surface area contributed by atoms with Crippen LogP contribution < -0.4 is 10.2 Å². The minimum absolute atomic E-state index is 0.0977. The number of aromatic nitrogens is 1. The van der Waals surface area contributed by atoms with Crippen LogP contribution in [0.15, 0.2) is 6.07 Å². The number of rotatable bonds is 3. The number of nitrogens with one attached hydrogen (secondary N) is 1. The van der Waals surface area contributed by atoms with E-state index in [1.54, 1.807) is 0 Å². The third-order valence-corrected chi connectivity index (χ3v) is 6.70. The first-order chi connectivity index (χ1) is 11.4. The van der Waals surface area contributed by atoms with Gasteiger partial charge in [-0.3, -0.25) is 0 Å².